The van der Waals surface area contributed by atoms with Gasteiger partial charge in [0.25, 0.3) is 0 Å². The molecular formula is C7H10OS2. The molecule has 0 radical (unpaired) electrons. The Kier molecular flexibility index (Phi) is 6.64. The Labute approximate surface area is 70.9 Å². The van der Waals surface area contributed by atoms with Crippen LogP contribution in [0.4, 0.5) is 0 Å². The summed E-state index contributed by atoms with van der Waals surface area (Å²) in [6.45, 7) is 0. The molecule has 0 atom stereocenters. The van der Waals surface area contributed by atoms with Crippen LogP contribution in [-0.4, -0.2) is 11.4 Å². The summed E-state index contributed by atoms with van der Waals surface area (Å²) in [7, 11) is 0. The smallest absolute Gasteiger partial charge is 0.116 e. The second kappa shape index (κ2) is 6.83. The van der Waals surface area contributed by atoms with Gasteiger partial charge in [-0.3, -0.25) is 0 Å². The monoisotopic (exact) mass is 174 g/mol. The van der Waals surface area contributed by atoms with Gasteiger partial charge < -0.3 is 5.11 Å². The van der Waals surface area contributed by atoms with Crippen molar-refractivity contribution in [2.45, 2.75) is 0 Å². The second-order valence-corrected chi connectivity index (χ2v) is 2.51. The zero-order valence-corrected chi connectivity index (χ0v) is 7.40. The molecule has 0 saturated carbocycles. The number of hydrogen-bond acceptors (Lipinski definition) is 3. The number of thiol groups is 1. The minimum Gasteiger partial charge on any atom is -0.508 e. The Morgan fingerprint density at radius 2 is 2.30 bits per heavy atom. The third-order valence-corrected chi connectivity index (χ3v) is 1.31. The molecule has 3 heteroatoms. The Bertz CT molecular complexity index is 159. The number of hydrogen-bond donors (Lipinski definition) is 2. The molecule has 0 bridgehead atoms. The number of allylic oxidation sites excluding steroid dienone is 3. The molecule has 0 aliphatic heterocycles. The summed E-state index contributed by atoms with van der Waals surface area (Å²) in [4.78, 5) is 0. The molecule has 0 aromatic heterocycles. The van der Waals surface area contributed by atoms with Gasteiger partial charge in [-0.15, -0.1) is 11.8 Å². The van der Waals surface area contributed by atoms with E-state index < -0.39 is 0 Å². The van der Waals surface area contributed by atoms with Crippen LogP contribution >= 0.6 is 24.4 Å². The number of aliphatic hydroxyl groups is 1. The molecule has 0 aromatic carbocycles. The Morgan fingerprint density at radius 1 is 1.60 bits per heavy atom. The lowest BCUT2D eigenvalue weighted by molar-refractivity contribution is 0.433. The maximum atomic E-state index is 8.99. The largest absolute Gasteiger partial charge is 0.508 e. The molecule has 0 amide bonds. The summed E-state index contributed by atoms with van der Waals surface area (Å²) in [6.07, 6.45) is 6.78. The molecule has 0 fully saturated rings. The second-order valence-electron chi connectivity index (χ2n) is 1.47. The molecular weight excluding hydrogens is 164 g/mol. The lowest BCUT2D eigenvalue weighted by Crippen LogP contribution is -1.68. The first kappa shape index (κ1) is 9.72. The molecule has 1 nitrogen and oxygen atoms in total. The average Bonchev–Trinajstić information content (AvgIpc) is 1.97. The van der Waals surface area contributed by atoms with Crippen LogP contribution in [0.1, 0.15) is 0 Å². The van der Waals surface area contributed by atoms with Gasteiger partial charge in [-0.05, 0) is 29.2 Å². The van der Waals surface area contributed by atoms with Gasteiger partial charge in [0, 0.05) is 0 Å². The first-order chi connectivity index (χ1) is 4.81. The van der Waals surface area contributed by atoms with Crippen molar-refractivity contribution in [2.24, 2.45) is 0 Å². The first-order valence-corrected chi connectivity index (χ1v) is 4.51. The Hall–Kier alpha value is -0.280. The Balaban J connectivity index is 3.81. The predicted molar refractivity (Wildman–Crippen MR) is 51.5 cm³/mol. The van der Waals surface area contributed by atoms with Crippen molar-refractivity contribution in [1.29, 1.82) is 0 Å². The van der Waals surface area contributed by atoms with E-state index in [1.807, 2.05) is 6.26 Å². The van der Waals surface area contributed by atoms with Crippen molar-refractivity contribution in [3.63, 3.8) is 0 Å². The summed E-state index contributed by atoms with van der Waals surface area (Å²) in [5.41, 5.74) is 0. The molecule has 1 N–H and O–H groups in total. The zero-order chi connectivity index (χ0) is 7.82. The van der Waals surface area contributed by atoms with E-state index in [9.17, 15) is 0 Å². The molecule has 0 unspecified atom stereocenters. The van der Waals surface area contributed by atoms with Crippen molar-refractivity contribution in [3.8, 4) is 0 Å². The summed E-state index contributed by atoms with van der Waals surface area (Å²) < 4.78 is 0. The van der Waals surface area contributed by atoms with Crippen molar-refractivity contribution in [3.05, 3.63) is 34.8 Å². The lowest BCUT2D eigenvalue weighted by atomic mass is 10.4. The highest BCUT2D eigenvalue weighted by Crippen LogP contribution is 1.98. The van der Waals surface area contributed by atoms with Crippen LogP contribution in [0.25, 0.3) is 0 Å². The van der Waals surface area contributed by atoms with Gasteiger partial charge in [0.1, 0.15) is 5.76 Å². The zero-order valence-electron chi connectivity index (χ0n) is 5.69. The van der Waals surface area contributed by atoms with E-state index >= 15 is 0 Å². The van der Waals surface area contributed by atoms with Crippen LogP contribution in [0.2, 0.25) is 0 Å². The third kappa shape index (κ3) is 5.85. The molecule has 56 valence electrons. The van der Waals surface area contributed by atoms with Crippen LogP contribution in [0, 0.1) is 0 Å². The topological polar surface area (TPSA) is 20.2 Å². The van der Waals surface area contributed by atoms with Gasteiger partial charge in [-0.1, -0.05) is 6.08 Å². The molecule has 10 heavy (non-hydrogen) atoms. The van der Waals surface area contributed by atoms with Crippen LogP contribution in [0.3, 0.4) is 0 Å². The van der Waals surface area contributed by atoms with Gasteiger partial charge in [0.05, 0.1) is 0 Å². The van der Waals surface area contributed by atoms with Gasteiger partial charge in [-0.2, -0.15) is 12.6 Å². The molecule has 0 rings (SSSR count). The van der Waals surface area contributed by atoms with Crippen molar-refractivity contribution < 1.29 is 5.11 Å². The van der Waals surface area contributed by atoms with Crippen LogP contribution < -0.4 is 0 Å². The van der Waals surface area contributed by atoms with E-state index in [4.69, 9.17) is 5.11 Å². The van der Waals surface area contributed by atoms with E-state index in [1.54, 1.807) is 29.0 Å². The fourth-order valence-electron chi connectivity index (χ4n) is 0.335. The number of thioether (sulfide) groups is 1. The highest BCUT2D eigenvalue weighted by molar-refractivity contribution is 8.01. The van der Waals surface area contributed by atoms with E-state index in [0.717, 1.165) is 0 Å². The van der Waals surface area contributed by atoms with Crippen molar-refractivity contribution in [1.82, 2.24) is 0 Å². The highest BCUT2D eigenvalue weighted by atomic mass is 32.2. The third-order valence-electron chi connectivity index (χ3n) is 0.728. The van der Waals surface area contributed by atoms with E-state index in [0.29, 0.717) is 0 Å². The minimum atomic E-state index is 0.236. The summed E-state index contributed by atoms with van der Waals surface area (Å²) >= 11 is 5.36. The van der Waals surface area contributed by atoms with Crippen LogP contribution in [0.5, 0.6) is 0 Å². The van der Waals surface area contributed by atoms with Gasteiger partial charge >= 0.3 is 0 Å². The molecule has 0 aliphatic rings. The van der Waals surface area contributed by atoms with Crippen molar-refractivity contribution >= 4 is 24.4 Å². The molecule has 0 saturated heterocycles. The SMILES string of the molecule is CS\C=C/C(O)=C\C=C\S. The highest BCUT2D eigenvalue weighted by Gasteiger charge is 1.78. The predicted octanol–water partition coefficient (Wildman–Crippen LogP) is 2.75. The van der Waals surface area contributed by atoms with Gasteiger partial charge in [-0.25, -0.2) is 0 Å². The lowest BCUT2D eigenvalue weighted by Gasteiger charge is -1.85. The number of aliphatic hydroxyl groups excluding tert-OH is 1. The first-order valence-electron chi connectivity index (χ1n) is 2.70. The van der Waals surface area contributed by atoms with Crippen molar-refractivity contribution in [2.75, 3.05) is 6.26 Å². The van der Waals surface area contributed by atoms with E-state index in [1.165, 1.54) is 11.8 Å². The Morgan fingerprint density at radius 3 is 2.80 bits per heavy atom. The van der Waals surface area contributed by atoms with Gasteiger partial charge in [0.15, 0.2) is 0 Å². The summed E-state index contributed by atoms with van der Waals surface area (Å²) in [6, 6.07) is 0. The summed E-state index contributed by atoms with van der Waals surface area (Å²) in [5.74, 6) is 0.236. The van der Waals surface area contributed by atoms with Gasteiger partial charge in [0.2, 0.25) is 0 Å². The maximum absolute atomic E-state index is 8.99. The fourth-order valence-corrected chi connectivity index (χ4v) is 0.697. The molecule has 0 aromatic rings. The quantitative estimate of drug-likeness (QED) is 0.390. The number of rotatable bonds is 3. The van der Waals surface area contributed by atoms with E-state index in [-0.39, 0.29) is 5.76 Å². The van der Waals surface area contributed by atoms with E-state index in [2.05, 4.69) is 12.6 Å². The normalized spacial score (nSPS) is 13.6. The standard InChI is InChI=1S/C7H10OS2/c1-10-6-4-7(8)3-2-5-9/h2-6,8-9H,1H3/b5-2+,6-4-,7-3+. The maximum Gasteiger partial charge on any atom is 0.116 e. The fraction of sp³-hybridized carbons (Fsp3) is 0.143. The molecule has 0 spiro atoms. The average molecular weight is 174 g/mol. The minimum absolute atomic E-state index is 0.236. The van der Waals surface area contributed by atoms with Crippen LogP contribution in [0.15, 0.2) is 34.8 Å². The molecule has 0 aliphatic carbocycles. The van der Waals surface area contributed by atoms with Crippen LogP contribution in [-0.2, 0) is 0 Å². The summed E-state index contributed by atoms with van der Waals surface area (Å²) in [5, 5.41) is 12.3. The molecule has 0 heterocycles.